The quantitative estimate of drug-likeness (QED) is 0.252. The third-order valence-corrected chi connectivity index (χ3v) is 5.27. The second kappa shape index (κ2) is 10.8. The first-order chi connectivity index (χ1) is 14.6. The maximum Gasteiger partial charge on any atom is 0.190 e. The van der Waals surface area contributed by atoms with Gasteiger partial charge in [-0.05, 0) is 54.7 Å². The monoisotopic (exact) mass is 538 g/mol. The van der Waals surface area contributed by atoms with E-state index in [1.165, 1.54) is 34.2 Å². The lowest BCUT2D eigenvalue weighted by Gasteiger charge is -2.21. The van der Waals surface area contributed by atoms with E-state index in [2.05, 4.69) is 51.9 Å². The van der Waals surface area contributed by atoms with E-state index in [0.717, 1.165) is 35.8 Å². The Balaban J connectivity index is 0.00000272. The lowest BCUT2D eigenvalue weighted by atomic mass is 10.1. The summed E-state index contributed by atoms with van der Waals surface area (Å²) in [6.07, 6.45) is 3.58. The van der Waals surface area contributed by atoms with Crippen molar-refractivity contribution in [1.29, 1.82) is 0 Å². The van der Waals surface area contributed by atoms with Crippen molar-refractivity contribution in [3.63, 3.8) is 0 Å². The van der Waals surface area contributed by atoms with Gasteiger partial charge in [-0.2, -0.15) is 0 Å². The molecular weight excluding hydrogens is 510 g/mol. The molecule has 31 heavy (non-hydrogen) atoms. The second-order valence-electron chi connectivity index (χ2n) is 7.45. The summed E-state index contributed by atoms with van der Waals surface area (Å²) in [7, 11) is 1.74. The van der Waals surface area contributed by atoms with Crippen LogP contribution >= 0.6 is 24.0 Å². The van der Waals surface area contributed by atoms with Crippen LogP contribution in [-0.4, -0.2) is 37.9 Å². The second-order valence-corrected chi connectivity index (χ2v) is 7.45. The van der Waals surface area contributed by atoms with Gasteiger partial charge >= 0.3 is 0 Å². The molecule has 0 radical (unpaired) electrons. The fourth-order valence-corrected chi connectivity index (χ4v) is 3.80. The molecule has 0 spiro atoms. The van der Waals surface area contributed by atoms with Gasteiger partial charge in [-0.25, -0.2) is 4.39 Å². The van der Waals surface area contributed by atoms with Gasteiger partial charge in [0.25, 0.3) is 0 Å². The molecule has 2 aromatic carbocycles. The summed E-state index contributed by atoms with van der Waals surface area (Å²) >= 11 is 0. The minimum atomic E-state index is -0.269. The largest absolute Gasteiger partial charge is 0.467 e. The van der Waals surface area contributed by atoms with Crippen LogP contribution in [0.1, 0.15) is 22.3 Å². The van der Waals surface area contributed by atoms with Crippen LogP contribution in [-0.2, 0) is 24.2 Å². The highest BCUT2D eigenvalue weighted by atomic mass is 127. The van der Waals surface area contributed by atoms with Gasteiger partial charge in [0, 0.05) is 42.8 Å². The average molecular weight is 538 g/mol. The van der Waals surface area contributed by atoms with E-state index in [9.17, 15) is 4.39 Å². The number of H-pyrrole nitrogens is 1. The normalized spacial score (nSPS) is 13.3. The number of nitrogens with one attached hydrogen (secondary N) is 3. The van der Waals surface area contributed by atoms with Crippen LogP contribution in [0.2, 0.25) is 0 Å². The number of hydrogen-bond donors (Lipinski definition) is 3. The van der Waals surface area contributed by atoms with Gasteiger partial charge in [-0.1, -0.05) is 12.1 Å². The molecule has 166 valence electrons. The van der Waals surface area contributed by atoms with E-state index < -0.39 is 0 Å². The Morgan fingerprint density at radius 1 is 1.13 bits per heavy atom. The molecule has 1 aromatic heterocycles. The van der Waals surface area contributed by atoms with Crippen LogP contribution in [0.4, 0.5) is 4.39 Å². The fraction of sp³-hybridized carbons (Fsp3) is 0.348. The van der Waals surface area contributed by atoms with Gasteiger partial charge < -0.3 is 25.1 Å². The van der Waals surface area contributed by atoms with Gasteiger partial charge in [-0.3, -0.25) is 4.99 Å². The van der Waals surface area contributed by atoms with Crippen LogP contribution < -0.4 is 15.4 Å². The lowest BCUT2D eigenvalue weighted by Crippen LogP contribution is -2.39. The van der Waals surface area contributed by atoms with E-state index in [1.54, 1.807) is 7.05 Å². The van der Waals surface area contributed by atoms with Gasteiger partial charge in [0.05, 0.1) is 6.61 Å². The number of rotatable bonds is 6. The summed E-state index contributed by atoms with van der Waals surface area (Å²) < 4.78 is 24.7. The fourth-order valence-electron chi connectivity index (χ4n) is 3.80. The van der Waals surface area contributed by atoms with E-state index in [0.29, 0.717) is 19.6 Å². The zero-order valence-corrected chi connectivity index (χ0v) is 20.1. The number of aromatic nitrogens is 1. The summed E-state index contributed by atoms with van der Waals surface area (Å²) in [5, 5.41) is 7.89. The molecular formula is C23H28FIN4O2. The molecule has 2 heterocycles. The van der Waals surface area contributed by atoms with Gasteiger partial charge in [-0.15, -0.1) is 24.0 Å². The number of aryl methyl sites for hydroxylation is 1. The number of aromatic amines is 1. The van der Waals surface area contributed by atoms with Crippen molar-refractivity contribution in [3.05, 3.63) is 64.6 Å². The Morgan fingerprint density at radius 2 is 1.90 bits per heavy atom. The van der Waals surface area contributed by atoms with Crippen molar-refractivity contribution in [2.75, 3.05) is 26.9 Å². The zero-order valence-electron chi connectivity index (χ0n) is 17.8. The molecule has 0 fully saturated rings. The number of nitrogens with zero attached hydrogens (tertiary/aromatic N) is 1. The van der Waals surface area contributed by atoms with Crippen molar-refractivity contribution in [1.82, 2.24) is 15.6 Å². The summed E-state index contributed by atoms with van der Waals surface area (Å²) in [6, 6.07) is 9.46. The SMILES string of the molecule is CN=C(NCCc1cc(F)cc2c1OCOC2)NCCc1c[nH]c2cc(C)ccc12.I. The first-order valence-corrected chi connectivity index (χ1v) is 10.2. The first kappa shape index (κ1) is 23.3. The lowest BCUT2D eigenvalue weighted by molar-refractivity contribution is -0.0172. The summed E-state index contributed by atoms with van der Waals surface area (Å²) in [5.41, 5.74) is 5.28. The standard InChI is InChI=1S/C23H27FN4O2.HI/c1-15-3-4-20-17(12-28-21(20)9-15)6-8-27-23(25-2)26-7-5-16-10-19(24)11-18-13-29-14-30-22(16)18;/h3-4,9-12,28H,5-8,13-14H2,1-2H3,(H2,25,26,27);1H. The third kappa shape index (κ3) is 5.68. The number of hydrogen-bond acceptors (Lipinski definition) is 3. The van der Waals surface area contributed by atoms with Gasteiger partial charge in [0.2, 0.25) is 0 Å². The Morgan fingerprint density at radius 3 is 2.68 bits per heavy atom. The number of halogens is 2. The summed E-state index contributed by atoms with van der Waals surface area (Å²) in [5.74, 6) is 1.19. The molecule has 0 atom stereocenters. The maximum atomic E-state index is 13.9. The van der Waals surface area contributed by atoms with E-state index in [1.807, 2.05) is 0 Å². The van der Waals surface area contributed by atoms with Gasteiger partial charge in [0.1, 0.15) is 11.6 Å². The highest BCUT2D eigenvalue weighted by Gasteiger charge is 2.16. The number of benzene rings is 2. The highest BCUT2D eigenvalue weighted by molar-refractivity contribution is 14.0. The van der Waals surface area contributed by atoms with Crippen LogP contribution in [0.15, 0.2) is 41.5 Å². The summed E-state index contributed by atoms with van der Waals surface area (Å²) in [6.45, 7) is 4.05. The number of fused-ring (bicyclic) bond motifs is 2. The molecule has 0 unspecified atom stereocenters. The van der Waals surface area contributed by atoms with Crippen molar-refractivity contribution >= 4 is 40.8 Å². The third-order valence-electron chi connectivity index (χ3n) is 5.27. The van der Waals surface area contributed by atoms with E-state index >= 15 is 0 Å². The minimum absolute atomic E-state index is 0. The predicted octanol–water partition coefficient (Wildman–Crippen LogP) is 4.05. The molecule has 0 bridgehead atoms. The van der Waals surface area contributed by atoms with Crippen molar-refractivity contribution in [3.8, 4) is 5.75 Å². The minimum Gasteiger partial charge on any atom is -0.467 e. The van der Waals surface area contributed by atoms with Crippen LogP contribution in [0.3, 0.4) is 0 Å². The Kier molecular flexibility index (Phi) is 8.14. The van der Waals surface area contributed by atoms with Gasteiger partial charge in [0.15, 0.2) is 12.8 Å². The topological polar surface area (TPSA) is 70.7 Å². The Labute approximate surface area is 198 Å². The van der Waals surface area contributed by atoms with Crippen LogP contribution in [0.5, 0.6) is 5.75 Å². The first-order valence-electron chi connectivity index (χ1n) is 10.2. The molecule has 0 amide bonds. The summed E-state index contributed by atoms with van der Waals surface area (Å²) in [4.78, 5) is 7.62. The molecule has 0 saturated carbocycles. The van der Waals surface area contributed by atoms with E-state index in [4.69, 9.17) is 9.47 Å². The zero-order chi connectivity index (χ0) is 20.9. The van der Waals surface area contributed by atoms with Crippen molar-refractivity contribution in [2.24, 2.45) is 4.99 Å². The van der Waals surface area contributed by atoms with Crippen LogP contribution in [0, 0.1) is 12.7 Å². The maximum absolute atomic E-state index is 13.9. The molecule has 8 heteroatoms. The number of guanidine groups is 1. The molecule has 1 aliphatic heterocycles. The van der Waals surface area contributed by atoms with Crippen LogP contribution in [0.25, 0.3) is 10.9 Å². The van der Waals surface area contributed by atoms with Crippen molar-refractivity contribution < 1.29 is 13.9 Å². The number of aliphatic imine (C=N–C) groups is 1. The average Bonchev–Trinajstić information content (AvgIpc) is 3.14. The molecule has 0 saturated heterocycles. The predicted molar refractivity (Wildman–Crippen MR) is 132 cm³/mol. The van der Waals surface area contributed by atoms with Crippen molar-refractivity contribution in [2.45, 2.75) is 26.4 Å². The molecule has 6 nitrogen and oxygen atoms in total. The highest BCUT2D eigenvalue weighted by Crippen LogP contribution is 2.29. The van der Waals surface area contributed by atoms with E-state index in [-0.39, 0.29) is 36.6 Å². The molecule has 3 N–H and O–H groups in total. The smallest absolute Gasteiger partial charge is 0.190 e. The Bertz CT molecular complexity index is 1070. The Hall–Kier alpha value is -2.33. The molecule has 0 aliphatic carbocycles. The molecule has 1 aliphatic rings. The molecule has 3 aromatic rings. The number of ether oxygens (including phenoxy) is 2. The molecule has 4 rings (SSSR count).